The fraction of sp³-hybridized carbons (Fsp3) is 0.222. The van der Waals surface area contributed by atoms with E-state index in [1.165, 1.54) is 16.7 Å². The first-order chi connectivity index (χ1) is 11.6. The van der Waals surface area contributed by atoms with Gasteiger partial charge in [-0.05, 0) is 64.7 Å². The Labute approximate surface area is 148 Å². The summed E-state index contributed by atoms with van der Waals surface area (Å²) in [5.41, 5.74) is 5.87. The van der Waals surface area contributed by atoms with Gasteiger partial charge in [-0.2, -0.15) is 0 Å². The van der Waals surface area contributed by atoms with Gasteiger partial charge in [-0.15, -0.1) is 0 Å². The van der Waals surface area contributed by atoms with Gasteiger partial charge in [0, 0.05) is 10.9 Å². The molecule has 4 rings (SSSR count). The minimum Gasteiger partial charge on any atom is -0.214 e. The Bertz CT molecular complexity index is 927. The van der Waals surface area contributed by atoms with Crippen molar-refractivity contribution in [3.63, 3.8) is 0 Å². The molecule has 0 saturated carbocycles. The van der Waals surface area contributed by atoms with Crippen LogP contribution in [0.2, 0.25) is 0 Å². The van der Waals surface area contributed by atoms with Gasteiger partial charge in [0.05, 0.1) is 11.8 Å². The molecule has 0 aliphatic carbocycles. The number of nitrogens with zero attached hydrogens (tertiary/aromatic N) is 5. The molecule has 0 saturated heterocycles. The number of aryl methyl sites for hydroxylation is 2. The summed E-state index contributed by atoms with van der Waals surface area (Å²) < 4.78 is 2.86. The van der Waals surface area contributed by atoms with Gasteiger partial charge in [-0.3, -0.25) is 0 Å². The normalized spacial score (nSPS) is 16.6. The maximum atomic E-state index is 4.67. The predicted octanol–water partition coefficient (Wildman–Crippen LogP) is 4.17. The van der Waals surface area contributed by atoms with Crippen LogP contribution in [0, 0.1) is 13.8 Å². The topological polar surface area (TPSA) is 56.0 Å². The van der Waals surface area contributed by atoms with E-state index < -0.39 is 0 Å². The zero-order valence-corrected chi connectivity index (χ0v) is 15.0. The van der Waals surface area contributed by atoms with Crippen LogP contribution in [0.1, 0.15) is 34.7 Å². The number of hydrogen-bond acceptors (Lipinski definition) is 4. The first-order valence-electron chi connectivity index (χ1n) is 7.80. The Morgan fingerprint density at radius 1 is 1.04 bits per heavy atom. The van der Waals surface area contributed by atoms with Crippen LogP contribution in [0.5, 0.6) is 0 Å². The second-order valence-corrected chi connectivity index (χ2v) is 6.97. The molecule has 2 heterocycles. The average Bonchev–Trinajstić information content (AvgIpc) is 3.06. The van der Waals surface area contributed by atoms with E-state index in [1.54, 1.807) is 4.68 Å². The number of rotatable bonds is 2. The molecule has 0 radical (unpaired) electrons. The van der Waals surface area contributed by atoms with Crippen molar-refractivity contribution in [3.05, 3.63) is 69.2 Å². The lowest BCUT2D eigenvalue weighted by Gasteiger charge is -2.23. The molecule has 1 aliphatic rings. The maximum Gasteiger partial charge on any atom is 0.269 e. The van der Waals surface area contributed by atoms with Crippen molar-refractivity contribution >= 4 is 27.6 Å². The summed E-state index contributed by atoms with van der Waals surface area (Å²) in [5.74, 6) is 0.558. The van der Waals surface area contributed by atoms with Crippen molar-refractivity contribution in [1.29, 1.82) is 0 Å². The van der Waals surface area contributed by atoms with E-state index in [9.17, 15) is 0 Å². The van der Waals surface area contributed by atoms with Crippen LogP contribution in [0.25, 0.3) is 0 Å². The second-order valence-electron chi connectivity index (χ2n) is 6.05. The Kier molecular flexibility index (Phi) is 3.76. The number of halogens is 1. The summed E-state index contributed by atoms with van der Waals surface area (Å²) in [7, 11) is 0. The number of aromatic nitrogens is 4. The van der Waals surface area contributed by atoms with Gasteiger partial charge in [0.1, 0.15) is 0 Å². The molecule has 0 fully saturated rings. The summed E-state index contributed by atoms with van der Waals surface area (Å²) in [6, 6.07) is 14.8. The Morgan fingerprint density at radius 2 is 1.83 bits per heavy atom. The average molecular weight is 382 g/mol. The molecule has 1 atom stereocenters. The lowest BCUT2D eigenvalue weighted by Crippen LogP contribution is -2.21. The van der Waals surface area contributed by atoms with Gasteiger partial charge in [0.2, 0.25) is 0 Å². The number of tetrazole rings is 1. The zero-order chi connectivity index (χ0) is 16.7. The molecule has 120 valence electrons. The number of hydrogen-bond donors (Lipinski definition) is 0. The summed E-state index contributed by atoms with van der Waals surface area (Å²) in [4.78, 5) is 4.67. The molecule has 0 spiro atoms. The molecular weight excluding hydrogens is 366 g/mol. The highest BCUT2D eigenvalue weighted by atomic mass is 79.9. The van der Waals surface area contributed by atoms with Gasteiger partial charge < -0.3 is 0 Å². The third kappa shape index (κ3) is 2.67. The second kappa shape index (κ2) is 5.94. The lowest BCUT2D eigenvalue weighted by atomic mass is 9.94. The van der Waals surface area contributed by atoms with Crippen molar-refractivity contribution in [2.24, 2.45) is 4.99 Å². The first kappa shape index (κ1) is 15.2. The molecule has 0 N–H and O–H groups in total. The fourth-order valence-corrected chi connectivity index (χ4v) is 3.21. The van der Waals surface area contributed by atoms with Crippen LogP contribution in [-0.2, 0) is 0 Å². The minimum absolute atomic E-state index is 0.0530. The van der Waals surface area contributed by atoms with E-state index in [0.717, 1.165) is 22.2 Å². The van der Waals surface area contributed by atoms with E-state index in [2.05, 4.69) is 80.6 Å². The van der Waals surface area contributed by atoms with Gasteiger partial charge in [0.15, 0.2) is 0 Å². The van der Waals surface area contributed by atoms with Gasteiger partial charge in [-0.25, -0.2) is 9.67 Å². The molecule has 1 aromatic heterocycles. The molecule has 3 aromatic rings. The Balaban J connectivity index is 1.78. The van der Waals surface area contributed by atoms with Crippen LogP contribution in [0.4, 0.5) is 5.95 Å². The predicted molar refractivity (Wildman–Crippen MR) is 96.8 cm³/mol. The van der Waals surface area contributed by atoms with Crippen LogP contribution in [0.15, 0.2) is 51.9 Å². The highest BCUT2D eigenvalue weighted by molar-refractivity contribution is 9.10. The quantitative estimate of drug-likeness (QED) is 0.669. The highest BCUT2D eigenvalue weighted by Crippen LogP contribution is 2.32. The maximum absolute atomic E-state index is 4.67. The van der Waals surface area contributed by atoms with Crippen LogP contribution in [-0.4, -0.2) is 25.9 Å². The van der Waals surface area contributed by atoms with Crippen LogP contribution in [0.3, 0.4) is 0 Å². The van der Waals surface area contributed by atoms with Crippen LogP contribution >= 0.6 is 15.9 Å². The van der Waals surface area contributed by atoms with E-state index in [-0.39, 0.29) is 6.04 Å². The number of fused-ring (bicyclic) bond motifs is 1. The molecule has 2 aromatic carbocycles. The van der Waals surface area contributed by atoms with Gasteiger partial charge in [-0.1, -0.05) is 45.3 Å². The van der Waals surface area contributed by atoms with E-state index in [4.69, 9.17) is 0 Å². The van der Waals surface area contributed by atoms with Crippen molar-refractivity contribution in [2.45, 2.75) is 26.3 Å². The summed E-state index contributed by atoms with van der Waals surface area (Å²) in [6.07, 6.45) is 0.766. The standard InChI is InChI=1S/C18H16BrN5/c1-11-3-4-14(9-12(11)2)16-10-17(13-5-7-15(19)8-6-13)24-18(20-16)21-22-23-24/h3-9,17H,10H2,1-2H3. The number of benzene rings is 2. The van der Waals surface area contributed by atoms with E-state index in [0.29, 0.717) is 5.95 Å². The molecule has 1 unspecified atom stereocenters. The first-order valence-corrected chi connectivity index (χ1v) is 8.59. The number of aliphatic imine (C=N–C) groups is 1. The van der Waals surface area contributed by atoms with Crippen molar-refractivity contribution in [3.8, 4) is 0 Å². The minimum atomic E-state index is 0.0530. The van der Waals surface area contributed by atoms with Crippen molar-refractivity contribution in [1.82, 2.24) is 20.2 Å². The largest absolute Gasteiger partial charge is 0.269 e. The molecule has 0 amide bonds. The summed E-state index contributed by atoms with van der Waals surface area (Å²) >= 11 is 3.49. The molecular formula is C18H16BrN5. The fourth-order valence-electron chi connectivity index (χ4n) is 2.95. The summed E-state index contributed by atoms with van der Waals surface area (Å²) in [6.45, 7) is 4.24. The van der Waals surface area contributed by atoms with Crippen molar-refractivity contribution < 1.29 is 0 Å². The highest BCUT2D eigenvalue weighted by Gasteiger charge is 2.26. The molecule has 1 aliphatic heterocycles. The Morgan fingerprint density at radius 3 is 2.58 bits per heavy atom. The molecule has 6 heteroatoms. The Hall–Kier alpha value is -2.34. The third-order valence-electron chi connectivity index (χ3n) is 4.49. The smallest absolute Gasteiger partial charge is 0.214 e. The zero-order valence-electron chi connectivity index (χ0n) is 13.4. The van der Waals surface area contributed by atoms with E-state index in [1.807, 2.05) is 12.1 Å². The SMILES string of the molecule is Cc1ccc(C2=Nc3nnnn3C(c3ccc(Br)cc3)C2)cc1C. The van der Waals surface area contributed by atoms with Crippen molar-refractivity contribution in [2.75, 3.05) is 0 Å². The monoisotopic (exact) mass is 381 g/mol. The van der Waals surface area contributed by atoms with E-state index >= 15 is 0 Å². The van der Waals surface area contributed by atoms with Crippen LogP contribution < -0.4 is 0 Å². The third-order valence-corrected chi connectivity index (χ3v) is 5.02. The molecule has 5 nitrogen and oxygen atoms in total. The van der Waals surface area contributed by atoms with Gasteiger partial charge in [0.25, 0.3) is 5.95 Å². The lowest BCUT2D eigenvalue weighted by molar-refractivity contribution is 0.515. The molecule has 0 bridgehead atoms. The molecule has 24 heavy (non-hydrogen) atoms. The van der Waals surface area contributed by atoms with Gasteiger partial charge >= 0.3 is 0 Å². The summed E-state index contributed by atoms with van der Waals surface area (Å²) in [5, 5.41) is 12.0.